The molecule has 9 heteroatoms. The molecule has 172 valence electrons. The maximum atomic E-state index is 12.9. The molecule has 0 N–H and O–H groups in total. The molecule has 2 aromatic rings. The van der Waals surface area contributed by atoms with Crippen molar-refractivity contribution < 1.29 is 31.8 Å². The highest BCUT2D eigenvalue weighted by atomic mass is 79.9. The summed E-state index contributed by atoms with van der Waals surface area (Å²) < 4.78 is 66.5. The summed E-state index contributed by atoms with van der Waals surface area (Å²) in [4.78, 5) is 0. The van der Waals surface area contributed by atoms with E-state index in [-0.39, 0.29) is 22.3 Å². The van der Waals surface area contributed by atoms with Crippen LogP contribution >= 0.6 is 31.9 Å². The molecule has 2 rings (SSSR count). The summed E-state index contributed by atoms with van der Waals surface area (Å²) in [5.74, 6) is 0.0992. The zero-order valence-electron chi connectivity index (χ0n) is 17.5. The quantitative estimate of drug-likeness (QED) is 0.217. The van der Waals surface area contributed by atoms with Gasteiger partial charge in [-0.2, -0.15) is 17.6 Å². The largest absolute Gasteiger partial charge is 0.459 e. The Kier molecular flexibility index (Phi) is 8.09. The van der Waals surface area contributed by atoms with Crippen molar-refractivity contribution in [3.63, 3.8) is 0 Å². The van der Waals surface area contributed by atoms with Crippen molar-refractivity contribution in [1.82, 2.24) is 0 Å². The second-order valence-corrected chi connectivity index (χ2v) is 10.3. The van der Waals surface area contributed by atoms with Crippen LogP contribution in [0.5, 0.6) is 11.5 Å². The van der Waals surface area contributed by atoms with Gasteiger partial charge in [0.15, 0.2) is 0 Å². The number of hydrogen-bond donors (Lipinski definition) is 0. The van der Waals surface area contributed by atoms with Crippen molar-refractivity contribution in [2.45, 2.75) is 48.6 Å². The number of benzene rings is 2. The average molecular weight is 572 g/mol. The van der Waals surface area contributed by atoms with Gasteiger partial charge < -0.3 is 14.2 Å². The maximum Gasteiger partial charge on any atom is 0.459 e. The monoisotopic (exact) mass is 570 g/mol. The van der Waals surface area contributed by atoms with Gasteiger partial charge in [0, 0.05) is 42.7 Å². The molecule has 0 unspecified atom stereocenters. The summed E-state index contributed by atoms with van der Waals surface area (Å²) in [5, 5.41) is -6.84. The highest BCUT2D eigenvalue weighted by molar-refractivity contribution is 9.10. The normalized spacial score (nSPS) is 13.2. The van der Waals surface area contributed by atoms with Gasteiger partial charge in [0.25, 0.3) is 0 Å². The van der Waals surface area contributed by atoms with Crippen LogP contribution in [0.3, 0.4) is 0 Å². The highest BCUT2D eigenvalue weighted by Crippen LogP contribution is 2.32. The minimum absolute atomic E-state index is 0.0496. The van der Waals surface area contributed by atoms with Crippen molar-refractivity contribution in [1.29, 1.82) is 0 Å². The molecule has 3 nitrogen and oxygen atoms in total. The molecule has 0 heterocycles. The smallest absolute Gasteiger partial charge is 0.424 e. The Hall–Kier alpha value is -1.32. The lowest BCUT2D eigenvalue weighted by Gasteiger charge is -2.30. The van der Waals surface area contributed by atoms with Crippen molar-refractivity contribution >= 4 is 31.9 Å². The predicted molar refractivity (Wildman–Crippen MR) is 119 cm³/mol. The molecule has 0 atom stereocenters. The van der Waals surface area contributed by atoms with Crippen molar-refractivity contribution in [3.05, 3.63) is 59.7 Å². The van der Waals surface area contributed by atoms with Gasteiger partial charge >= 0.3 is 10.0 Å². The van der Waals surface area contributed by atoms with Crippen LogP contribution in [0, 0.1) is 0 Å². The lowest BCUT2D eigenvalue weighted by atomic mass is 9.84. The van der Waals surface area contributed by atoms with Gasteiger partial charge in [-0.25, -0.2) is 0 Å². The van der Waals surface area contributed by atoms with Crippen LogP contribution in [0.2, 0.25) is 0 Å². The summed E-state index contributed by atoms with van der Waals surface area (Å²) >= 11 is 4.29. The molecular weight excluding hydrogens is 548 g/mol. The maximum absolute atomic E-state index is 12.9. The number of ether oxygens (including phenoxy) is 3. The molecule has 0 aliphatic carbocycles. The van der Waals surface area contributed by atoms with Crippen molar-refractivity contribution in [2.75, 3.05) is 13.2 Å². The van der Waals surface area contributed by atoms with E-state index in [2.05, 4.69) is 41.3 Å². The third-order valence-corrected chi connectivity index (χ3v) is 4.99. The minimum atomic E-state index is -3.42. The van der Waals surface area contributed by atoms with Crippen molar-refractivity contribution in [3.8, 4) is 11.5 Å². The van der Waals surface area contributed by atoms with Gasteiger partial charge in [-0.15, -0.1) is 0 Å². The molecule has 0 aromatic heterocycles. The Bertz CT molecular complexity index is 772. The van der Waals surface area contributed by atoms with E-state index in [1.54, 1.807) is 24.3 Å². The molecule has 0 bridgehead atoms. The Morgan fingerprint density at radius 1 is 0.613 bits per heavy atom. The minimum Gasteiger partial charge on any atom is -0.424 e. The molecule has 31 heavy (non-hydrogen) atoms. The van der Waals surface area contributed by atoms with Gasteiger partial charge in [0.2, 0.25) is 0 Å². The zero-order valence-corrected chi connectivity index (χ0v) is 20.7. The van der Waals surface area contributed by atoms with E-state index in [1.165, 1.54) is 24.3 Å². The second-order valence-electron chi connectivity index (χ2n) is 8.40. The van der Waals surface area contributed by atoms with Crippen LogP contribution in [0.4, 0.5) is 17.6 Å². The van der Waals surface area contributed by atoms with E-state index in [4.69, 9.17) is 4.74 Å². The van der Waals surface area contributed by atoms with E-state index >= 15 is 0 Å². The average Bonchev–Trinajstić information content (AvgIpc) is 2.59. The molecule has 0 amide bonds. The number of hydrogen-bond acceptors (Lipinski definition) is 3. The van der Waals surface area contributed by atoms with E-state index in [9.17, 15) is 17.6 Å². The summed E-state index contributed by atoms with van der Waals surface area (Å²) in [6, 6.07) is 12.8. The fourth-order valence-corrected chi connectivity index (χ4v) is 3.32. The fourth-order valence-electron chi connectivity index (χ4n) is 2.94. The van der Waals surface area contributed by atoms with Crippen molar-refractivity contribution in [2.24, 2.45) is 0 Å². The summed E-state index contributed by atoms with van der Waals surface area (Å²) in [7, 11) is 0. The Morgan fingerprint density at radius 3 is 1.16 bits per heavy atom. The fraction of sp³-hybridized carbons (Fsp3) is 0.455. The molecular formula is C22H24Br2F4O3. The number of halogens is 6. The topological polar surface area (TPSA) is 27.7 Å². The third-order valence-electron chi connectivity index (χ3n) is 4.66. The number of rotatable bonds is 10. The molecule has 0 saturated carbocycles. The first kappa shape index (κ1) is 25.9. The molecule has 0 aliphatic rings. The van der Waals surface area contributed by atoms with Gasteiger partial charge in [0.1, 0.15) is 11.5 Å². The standard InChI is InChI=1S/C22H24Br2F4O3/c1-19(2,15-5-9-17(10-6-15)30-21(23,25)26)13-29-14-20(3,4)16-7-11-18(12-8-16)31-22(24,27)28/h5-12H,13-14H2,1-4H3. The number of alkyl halides is 6. The molecule has 0 fully saturated rings. The van der Waals surface area contributed by atoms with E-state index in [0.717, 1.165) is 11.1 Å². The van der Waals surface area contributed by atoms with E-state index in [0.29, 0.717) is 13.2 Å². The van der Waals surface area contributed by atoms with Crippen LogP contribution in [-0.2, 0) is 15.6 Å². The van der Waals surface area contributed by atoms with Gasteiger partial charge in [-0.1, -0.05) is 52.0 Å². The first-order valence-electron chi connectivity index (χ1n) is 9.38. The van der Waals surface area contributed by atoms with E-state index < -0.39 is 10.0 Å². The SMILES string of the molecule is CC(C)(COCC(C)(C)c1ccc(OC(F)(F)Br)cc1)c1ccc(OC(F)(F)Br)cc1. The van der Waals surface area contributed by atoms with Gasteiger partial charge in [0.05, 0.1) is 13.2 Å². The summed E-state index contributed by atoms with van der Waals surface area (Å²) in [5.41, 5.74) is 1.08. The van der Waals surface area contributed by atoms with Crippen LogP contribution in [0.25, 0.3) is 0 Å². The molecule has 0 saturated heterocycles. The third kappa shape index (κ3) is 8.61. The molecule has 0 radical (unpaired) electrons. The first-order chi connectivity index (χ1) is 14.1. The van der Waals surface area contributed by atoms with Gasteiger partial charge in [-0.05, 0) is 35.4 Å². The van der Waals surface area contributed by atoms with Gasteiger partial charge in [-0.3, -0.25) is 0 Å². The van der Waals surface area contributed by atoms with Crippen LogP contribution in [0.1, 0.15) is 38.8 Å². The Labute approximate surface area is 196 Å². The first-order valence-corrected chi connectivity index (χ1v) is 11.0. The molecule has 2 aromatic carbocycles. The molecule has 0 spiro atoms. The lowest BCUT2D eigenvalue weighted by molar-refractivity contribution is -0.0810. The van der Waals surface area contributed by atoms with Crippen LogP contribution in [-0.4, -0.2) is 23.2 Å². The Balaban J connectivity index is 1.95. The van der Waals surface area contributed by atoms with E-state index in [1.807, 2.05) is 27.7 Å². The summed E-state index contributed by atoms with van der Waals surface area (Å²) in [6.07, 6.45) is 0. The lowest BCUT2D eigenvalue weighted by Crippen LogP contribution is -2.30. The highest BCUT2D eigenvalue weighted by Gasteiger charge is 2.29. The summed E-state index contributed by atoms with van der Waals surface area (Å²) in [6.45, 7) is 8.73. The van der Waals surface area contributed by atoms with Crippen LogP contribution in [0.15, 0.2) is 48.5 Å². The Morgan fingerprint density at radius 2 is 0.903 bits per heavy atom. The zero-order chi connectivity index (χ0) is 23.5. The molecule has 0 aliphatic heterocycles. The predicted octanol–water partition coefficient (Wildman–Crippen LogP) is 7.61. The second kappa shape index (κ2) is 9.67. The van der Waals surface area contributed by atoms with Crippen LogP contribution < -0.4 is 9.47 Å².